The van der Waals surface area contributed by atoms with Crippen molar-refractivity contribution in [1.82, 2.24) is 14.7 Å². The van der Waals surface area contributed by atoms with E-state index in [0.29, 0.717) is 13.1 Å². The predicted octanol–water partition coefficient (Wildman–Crippen LogP) is 3.74. The molecule has 30 heavy (non-hydrogen) atoms. The third kappa shape index (κ3) is 3.31. The van der Waals surface area contributed by atoms with E-state index in [1.54, 1.807) is 29.7 Å². The van der Waals surface area contributed by atoms with Crippen LogP contribution in [-0.2, 0) is 4.79 Å². The van der Waals surface area contributed by atoms with Crippen LogP contribution in [-0.4, -0.2) is 52.5 Å². The number of amides is 1. The van der Waals surface area contributed by atoms with Gasteiger partial charge in [-0.2, -0.15) is 5.10 Å². The van der Waals surface area contributed by atoms with Gasteiger partial charge < -0.3 is 9.80 Å². The molecule has 6 nitrogen and oxygen atoms in total. The van der Waals surface area contributed by atoms with Gasteiger partial charge in [-0.1, -0.05) is 6.07 Å². The highest BCUT2D eigenvalue weighted by molar-refractivity contribution is 7.10. The Morgan fingerprint density at radius 1 is 1.10 bits per heavy atom. The average Bonchev–Trinajstić information content (AvgIpc) is 3.45. The smallest absolute Gasteiger partial charge is 0.234 e. The van der Waals surface area contributed by atoms with Gasteiger partial charge in [0.2, 0.25) is 5.91 Å². The Kier molecular flexibility index (Phi) is 4.86. The molecule has 2 aliphatic rings. The number of aromatic nitrogens is 2. The van der Waals surface area contributed by atoms with E-state index in [2.05, 4.69) is 21.1 Å². The normalized spacial score (nSPS) is 21.3. The minimum absolute atomic E-state index is 0.0922. The van der Waals surface area contributed by atoms with Crippen molar-refractivity contribution < 1.29 is 9.18 Å². The highest BCUT2D eigenvalue weighted by atomic mass is 32.1. The zero-order valence-corrected chi connectivity index (χ0v) is 17.4. The SMILES string of the molecule is CC1=Nc2ccnn2C(c2cccs2)C1C(=O)N1CCN(c2ccc(F)cc2)CC1. The summed E-state index contributed by atoms with van der Waals surface area (Å²) in [4.78, 5) is 23.5. The lowest BCUT2D eigenvalue weighted by atomic mass is 9.90. The quantitative estimate of drug-likeness (QED) is 0.645. The maximum absolute atomic E-state index is 13.6. The first-order valence-corrected chi connectivity index (χ1v) is 10.9. The van der Waals surface area contributed by atoms with Crippen molar-refractivity contribution >= 4 is 34.5 Å². The Morgan fingerprint density at radius 3 is 2.57 bits per heavy atom. The van der Waals surface area contributed by atoms with Crippen LogP contribution in [0.5, 0.6) is 0 Å². The van der Waals surface area contributed by atoms with E-state index in [1.165, 1.54) is 12.1 Å². The second-order valence-corrected chi connectivity index (χ2v) is 8.59. The molecule has 1 aromatic carbocycles. The van der Waals surface area contributed by atoms with Crippen molar-refractivity contribution in [3.63, 3.8) is 0 Å². The summed E-state index contributed by atoms with van der Waals surface area (Å²) < 4.78 is 15.1. The summed E-state index contributed by atoms with van der Waals surface area (Å²) in [5.41, 5.74) is 1.81. The van der Waals surface area contributed by atoms with Crippen molar-refractivity contribution in [2.75, 3.05) is 31.1 Å². The van der Waals surface area contributed by atoms with Crippen LogP contribution in [0.1, 0.15) is 17.8 Å². The molecule has 1 amide bonds. The van der Waals surface area contributed by atoms with E-state index >= 15 is 0 Å². The van der Waals surface area contributed by atoms with Gasteiger partial charge in [-0.05, 0) is 42.6 Å². The summed E-state index contributed by atoms with van der Waals surface area (Å²) in [7, 11) is 0. The molecule has 3 aromatic rings. The fraction of sp³-hybridized carbons (Fsp3) is 0.318. The molecule has 1 saturated heterocycles. The molecular weight excluding hydrogens is 401 g/mol. The molecule has 2 aliphatic heterocycles. The van der Waals surface area contributed by atoms with Crippen LogP contribution >= 0.6 is 11.3 Å². The molecule has 0 aliphatic carbocycles. The summed E-state index contributed by atoms with van der Waals surface area (Å²) in [5.74, 6) is 0.274. The van der Waals surface area contributed by atoms with Crippen LogP contribution < -0.4 is 4.90 Å². The second kappa shape index (κ2) is 7.68. The molecule has 5 rings (SSSR count). The fourth-order valence-corrected chi connectivity index (χ4v) is 5.17. The molecule has 0 saturated carbocycles. The largest absolute Gasteiger partial charge is 0.368 e. The molecule has 154 valence electrons. The molecule has 0 bridgehead atoms. The summed E-state index contributed by atoms with van der Waals surface area (Å²) in [6.45, 7) is 4.63. The molecule has 0 N–H and O–H groups in total. The van der Waals surface area contributed by atoms with Crippen molar-refractivity contribution in [2.45, 2.75) is 13.0 Å². The minimum Gasteiger partial charge on any atom is -0.368 e. The Hall–Kier alpha value is -3.00. The number of carbonyl (C=O) groups is 1. The second-order valence-electron chi connectivity index (χ2n) is 7.61. The molecule has 2 unspecified atom stereocenters. The first-order valence-electron chi connectivity index (χ1n) is 10.0. The van der Waals surface area contributed by atoms with Gasteiger partial charge in [0.05, 0.1) is 6.20 Å². The van der Waals surface area contributed by atoms with Crippen molar-refractivity contribution in [2.24, 2.45) is 10.9 Å². The van der Waals surface area contributed by atoms with Crippen LogP contribution in [0.2, 0.25) is 0 Å². The molecule has 1 fully saturated rings. The molecule has 2 atom stereocenters. The van der Waals surface area contributed by atoms with Gasteiger partial charge in [0, 0.05) is 48.5 Å². The molecule has 0 spiro atoms. The van der Waals surface area contributed by atoms with Crippen molar-refractivity contribution in [3.8, 4) is 0 Å². The van der Waals surface area contributed by atoms with Gasteiger partial charge in [-0.25, -0.2) is 14.1 Å². The van der Waals surface area contributed by atoms with Crippen LogP contribution in [0.3, 0.4) is 0 Å². The van der Waals surface area contributed by atoms with E-state index in [9.17, 15) is 9.18 Å². The number of rotatable bonds is 3. The predicted molar refractivity (Wildman–Crippen MR) is 116 cm³/mol. The van der Waals surface area contributed by atoms with Crippen LogP contribution in [0.4, 0.5) is 15.9 Å². The lowest BCUT2D eigenvalue weighted by Gasteiger charge is -2.39. The zero-order chi connectivity index (χ0) is 20.7. The van der Waals surface area contributed by atoms with E-state index in [-0.39, 0.29) is 23.7 Å². The third-order valence-electron chi connectivity index (χ3n) is 5.85. The van der Waals surface area contributed by atoms with E-state index < -0.39 is 0 Å². The lowest BCUT2D eigenvalue weighted by Crippen LogP contribution is -2.53. The summed E-state index contributed by atoms with van der Waals surface area (Å²) >= 11 is 1.64. The fourth-order valence-electron chi connectivity index (χ4n) is 4.32. The highest BCUT2D eigenvalue weighted by Crippen LogP contribution is 2.38. The summed E-state index contributed by atoms with van der Waals surface area (Å²) in [6, 6.07) is 12.3. The number of benzene rings is 1. The standard InChI is InChI=1S/C22H22FN5OS/c1-15-20(21(18-3-2-14-30-18)28-19(25-15)8-9-24-28)22(29)27-12-10-26(11-13-27)17-6-4-16(23)5-7-17/h2-9,14,20-21H,10-13H2,1H3. The maximum atomic E-state index is 13.6. The summed E-state index contributed by atoms with van der Waals surface area (Å²) in [6.07, 6.45) is 1.74. The number of nitrogens with zero attached hydrogens (tertiary/aromatic N) is 5. The topological polar surface area (TPSA) is 53.7 Å². The highest BCUT2D eigenvalue weighted by Gasteiger charge is 2.41. The monoisotopic (exact) mass is 423 g/mol. The lowest BCUT2D eigenvalue weighted by molar-refractivity contribution is -0.134. The van der Waals surface area contributed by atoms with Gasteiger partial charge in [-0.3, -0.25) is 4.79 Å². The summed E-state index contributed by atoms with van der Waals surface area (Å²) in [5, 5.41) is 6.50. The van der Waals surface area contributed by atoms with Crippen LogP contribution in [0, 0.1) is 11.7 Å². The Bertz CT molecular complexity index is 1070. The molecular formula is C22H22FN5OS. The van der Waals surface area contributed by atoms with Crippen LogP contribution in [0.15, 0.2) is 59.0 Å². The number of carbonyl (C=O) groups excluding carboxylic acids is 1. The average molecular weight is 424 g/mol. The molecule has 2 aromatic heterocycles. The minimum atomic E-state index is -0.367. The number of aliphatic imine (C=N–C) groups is 1. The number of thiophene rings is 1. The Labute approximate surface area is 178 Å². The number of halogens is 1. The number of fused-ring (bicyclic) bond motifs is 1. The number of hydrogen-bond acceptors (Lipinski definition) is 5. The molecule has 0 radical (unpaired) electrons. The van der Waals surface area contributed by atoms with Gasteiger partial charge in [-0.15, -0.1) is 11.3 Å². The molecule has 4 heterocycles. The Balaban J connectivity index is 1.37. The molecule has 8 heteroatoms. The first-order chi connectivity index (χ1) is 14.6. The van der Waals surface area contributed by atoms with Crippen molar-refractivity contribution in [1.29, 1.82) is 0 Å². The Morgan fingerprint density at radius 2 is 1.87 bits per heavy atom. The van der Waals surface area contributed by atoms with Gasteiger partial charge in [0.15, 0.2) is 5.82 Å². The number of piperazine rings is 1. The maximum Gasteiger partial charge on any atom is 0.234 e. The van der Waals surface area contributed by atoms with Crippen molar-refractivity contribution in [3.05, 3.63) is 64.7 Å². The van der Waals surface area contributed by atoms with E-state index in [0.717, 1.165) is 35.2 Å². The number of anilines is 1. The van der Waals surface area contributed by atoms with E-state index in [1.807, 2.05) is 34.0 Å². The third-order valence-corrected chi connectivity index (χ3v) is 6.80. The zero-order valence-electron chi connectivity index (χ0n) is 16.6. The van der Waals surface area contributed by atoms with Gasteiger partial charge in [0.25, 0.3) is 0 Å². The van der Waals surface area contributed by atoms with Gasteiger partial charge in [0.1, 0.15) is 17.8 Å². The number of hydrogen-bond donors (Lipinski definition) is 0. The van der Waals surface area contributed by atoms with Gasteiger partial charge >= 0.3 is 0 Å². The van der Waals surface area contributed by atoms with E-state index in [4.69, 9.17) is 0 Å². The van der Waals surface area contributed by atoms with Crippen LogP contribution in [0.25, 0.3) is 0 Å². The first kappa shape index (κ1) is 19.0.